The van der Waals surface area contributed by atoms with Crippen molar-refractivity contribution in [2.75, 3.05) is 44.2 Å². The second-order valence-corrected chi connectivity index (χ2v) is 11.1. The molecule has 0 saturated carbocycles. The standard InChI is InChI=1S/C32H39N5O3/c1-25-33-17-13-30(34-25)36-18-8-14-32(15-19-35(20-16-32)26(2)38)24-40-29-12-7-6-11-28(29)31(39)37(22-21-36)23-27-9-4-3-5-10-27/h3-7,9-13,17H,8,14-16,18-24H2,1-2H3. The van der Waals surface area contributed by atoms with Crippen molar-refractivity contribution < 1.29 is 14.3 Å². The van der Waals surface area contributed by atoms with Crippen molar-refractivity contribution in [1.82, 2.24) is 19.8 Å². The third kappa shape index (κ3) is 6.61. The van der Waals surface area contributed by atoms with E-state index < -0.39 is 0 Å². The SMILES string of the molecule is CC(=O)N1CCC2(CCCN(c3ccnc(C)n3)CCN(Cc3ccccc3)C(=O)c3ccccc3OC2)CC1. The van der Waals surface area contributed by atoms with Crippen LogP contribution in [0.15, 0.2) is 66.9 Å². The summed E-state index contributed by atoms with van der Waals surface area (Å²) in [6.07, 6.45) is 5.50. The Morgan fingerprint density at radius 3 is 2.42 bits per heavy atom. The average Bonchev–Trinajstić information content (AvgIpc) is 2.98. The Labute approximate surface area is 237 Å². The monoisotopic (exact) mass is 541 g/mol. The number of ether oxygens (including phenoxy) is 1. The lowest BCUT2D eigenvalue weighted by Gasteiger charge is -2.42. The molecule has 3 aromatic rings. The van der Waals surface area contributed by atoms with E-state index in [1.165, 1.54) is 0 Å². The first kappa shape index (κ1) is 27.6. The molecule has 2 aliphatic rings. The number of rotatable bonds is 3. The van der Waals surface area contributed by atoms with Crippen LogP contribution in [0.25, 0.3) is 0 Å². The highest BCUT2D eigenvalue weighted by Crippen LogP contribution is 2.38. The maximum absolute atomic E-state index is 14.1. The van der Waals surface area contributed by atoms with Crippen molar-refractivity contribution in [3.8, 4) is 5.75 Å². The molecule has 8 heteroatoms. The minimum absolute atomic E-state index is 0.0435. The number of amides is 2. The number of nitrogens with zero attached hydrogens (tertiary/aromatic N) is 5. The fourth-order valence-electron chi connectivity index (χ4n) is 5.84. The molecule has 0 radical (unpaired) electrons. The lowest BCUT2D eigenvalue weighted by molar-refractivity contribution is -0.131. The van der Waals surface area contributed by atoms with Gasteiger partial charge in [-0.15, -0.1) is 0 Å². The van der Waals surface area contributed by atoms with Crippen LogP contribution in [0.5, 0.6) is 5.75 Å². The van der Waals surface area contributed by atoms with Crippen molar-refractivity contribution in [2.24, 2.45) is 5.41 Å². The zero-order valence-corrected chi connectivity index (χ0v) is 23.6. The summed E-state index contributed by atoms with van der Waals surface area (Å²) in [5.74, 6) is 2.32. The first-order valence-corrected chi connectivity index (χ1v) is 14.3. The first-order chi connectivity index (χ1) is 19.4. The molecule has 210 valence electrons. The van der Waals surface area contributed by atoms with Crippen molar-refractivity contribution in [1.29, 1.82) is 0 Å². The quantitative estimate of drug-likeness (QED) is 0.477. The number of likely N-dealkylation sites (tertiary alicyclic amines) is 1. The number of aryl methyl sites for hydroxylation is 1. The predicted molar refractivity (Wildman–Crippen MR) is 155 cm³/mol. The molecule has 0 unspecified atom stereocenters. The van der Waals surface area contributed by atoms with Gasteiger partial charge in [0.05, 0.1) is 12.2 Å². The fraction of sp³-hybridized carbons (Fsp3) is 0.438. The molecular formula is C32H39N5O3. The van der Waals surface area contributed by atoms with Gasteiger partial charge in [0.25, 0.3) is 5.91 Å². The topological polar surface area (TPSA) is 78.9 Å². The molecule has 1 saturated heterocycles. The van der Waals surface area contributed by atoms with Gasteiger partial charge in [-0.25, -0.2) is 9.97 Å². The third-order valence-corrected chi connectivity index (χ3v) is 8.28. The minimum Gasteiger partial charge on any atom is -0.492 e. The third-order valence-electron chi connectivity index (χ3n) is 8.28. The minimum atomic E-state index is -0.0624. The lowest BCUT2D eigenvalue weighted by Crippen LogP contribution is -2.45. The Bertz CT molecular complexity index is 1310. The molecule has 5 rings (SSSR count). The molecule has 2 aromatic carbocycles. The Hall–Kier alpha value is -3.94. The molecule has 0 bridgehead atoms. The van der Waals surface area contributed by atoms with Crippen LogP contribution in [0.2, 0.25) is 0 Å². The Kier molecular flexibility index (Phi) is 8.63. The maximum atomic E-state index is 14.1. The number of carbonyl (C=O) groups is 2. The highest BCUT2D eigenvalue weighted by molar-refractivity contribution is 5.97. The molecule has 1 spiro atoms. The number of hydrogen-bond donors (Lipinski definition) is 0. The zero-order valence-electron chi connectivity index (χ0n) is 23.6. The molecule has 2 amide bonds. The van der Waals surface area contributed by atoms with Crippen LogP contribution < -0.4 is 9.64 Å². The Balaban J connectivity index is 1.48. The summed E-state index contributed by atoms with van der Waals surface area (Å²) in [6, 6.07) is 19.7. The van der Waals surface area contributed by atoms with Gasteiger partial charge in [-0.05, 0) is 56.4 Å². The number of aromatic nitrogens is 2. The molecule has 1 aromatic heterocycles. The smallest absolute Gasteiger partial charge is 0.257 e. The summed E-state index contributed by atoms with van der Waals surface area (Å²) in [4.78, 5) is 41.3. The summed E-state index contributed by atoms with van der Waals surface area (Å²) in [5, 5.41) is 0. The normalized spacial score (nSPS) is 18.2. The van der Waals surface area contributed by atoms with Crippen molar-refractivity contribution in [2.45, 2.75) is 46.1 Å². The molecule has 0 N–H and O–H groups in total. The van der Waals surface area contributed by atoms with E-state index in [0.717, 1.165) is 62.5 Å². The van der Waals surface area contributed by atoms with E-state index in [9.17, 15) is 9.59 Å². The van der Waals surface area contributed by atoms with Crippen LogP contribution in [-0.2, 0) is 11.3 Å². The van der Waals surface area contributed by atoms with Crippen molar-refractivity contribution >= 4 is 17.6 Å². The van der Waals surface area contributed by atoms with Crippen LogP contribution in [0.1, 0.15) is 54.4 Å². The molecule has 0 aliphatic carbocycles. The maximum Gasteiger partial charge on any atom is 0.257 e. The number of anilines is 1. The van der Waals surface area contributed by atoms with E-state index in [4.69, 9.17) is 9.72 Å². The van der Waals surface area contributed by atoms with Gasteiger partial charge < -0.3 is 19.4 Å². The van der Waals surface area contributed by atoms with E-state index in [2.05, 4.69) is 22.0 Å². The van der Waals surface area contributed by atoms with Crippen LogP contribution in [-0.4, -0.2) is 70.9 Å². The highest BCUT2D eigenvalue weighted by atomic mass is 16.5. The second kappa shape index (κ2) is 12.5. The Morgan fingerprint density at radius 2 is 1.68 bits per heavy atom. The summed E-state index contributed by atoms with van der Waals surface area (Å²) in [6.45, 7) is 8.06. The fourth-order valence-corrected chi connectivity index (χ4v) is 5.84. The number of fused-ring (bicyclic) bond motifs is 1. The number of carbonyl (C=O) groups excluding carboxylic acids is 2. The highest BCUT2D eigenvalue weighted by Gasteiger charge is 2.36. The molecule has 1 fully saturated rings. The summed E-state index contributed by atoms with van der Waals surface area (Å²) in [5.41, 5.74) is 1.60. The van der Waals surface area contributed by atoms with E-state index in [0.29, 0.717) is 37.6 Å². The molecule has 2 aliphatic heterocycles. The van der Waals surface area contributed by atoms with E-state index in [-0.39, 0.29) is 17.2 Å². The van der Waals surface area contributed by atoms with Gasteiger partial charge in [-0.3, -0.25) is 9.59 Å². The zero-order chi connectivity index (χ0) is 28.0. The number of piperidine rings is 1. The summed E-state index contributed by atoms with van der Waals surface area (Å²) >= 11 is 0. The number of para-hydroxylation sites is 1. The predicted octanol–water partition coefficient (Wildman–Crippen LogP) is 4.74. The van der Waals surface area contributed by atoms with Gasteiger partial charge in [-0.1, -0.05) is 42.5 Å². The van der Waals surface area contributed by atoms with Gasteiger partial charge in [0, 0.05) is 57.8 Å². The van der Waals surface area contributed by atoms with Gasteiger partial charge in [0.15, 0.2) is 0 Å². The van der Waals surface area contributed by atoms with Gasteiger partial charge in [0.2, 0.25) is 5.91 Å². The number of benzene rings is 2. The van der Waals surface area contributed by atoms with E-state index >= 15 is 0 Å². The van der Waals surface area contributed by atoms with E-state index in [1.54, 1.807) is 13.1 Å². The van der Waals surface area contributed by atoms with Crippen LogP contribution in [0, 0.1) is 12.3 Å². The van der Waals surface area contributed by atoms with Crippen LogP contribution in [0.4, 0.5) is 5.82 Å². The largest absolute Gasteiger partial charge is 0.492 e. The molecule has 0 atom stereocenters. The number of hydrogen-bond acceptors (Lipinski definition) is 6. The second-order valence-electron chi connectivity index (χ2n) is 11.1. The van der Waals surface area contributed by atoms with Crippen molar-refractivity contribution in [3.63, 3.8) is 0 Å². The molecular weight excluding hydrogens is 502 g/mol. The first-order valence-electron chi connectivity index (χ1n) is 14.3. The molecule has 40 heavy (non-hydrogen) atoms. The van der Waals surface area contributed by atoms with Crippen LogP contribution in [0.3, 0.4) is 0 Å². The summed E-state index contributed by atoms with van der Waals surface area (Å²) in [7, 11) is 0. The van der Waals surface area contributed by atoms with Gasteiger partial charge >= 0.3 is 0 Å². The van der Waals surface area contributed by atoms with Gasteiger partial charge in [-0.2, -0.15) is 0 Å². The van der Waals surface area contributed by atoms with E-state index in [1.807, 2.05) is 65.3 Å². The summed E-state index contributed by atoms with van der Waals surface area (Å²) < 4.78 is 6.50. The Morgan fingerprint density at radius 1 is 0.925 bits per heavy atom. The van der Waals surface area contributed by atoms with Crippen LogP contribution >= 0.6 is 0 Å². The lowest BCUT2D eigenvalue weighted by atomic mass is 9.75. The average molecular weight is 542 g/mol. The van der Waals surface area contributed by atoms with Gasteiger partial charge in [0.1, 0.15) is 17.4 Å². The molecule has 3 heterocycles. The molecule has 8 nitrogen and oxygen atoms in total. The van der Waals surface area contributed by atoms with Crippen molar-refractivity contribution in [3.05, 3.63) is 83.8 Å².